The maximum Gasteiger partial charge on any atom is 0.290 e. The number of nitrogens with two attached hydrogens (primary N) is 1. The number of nitrogens with zero attached hydrogens (tertiary/aromatic N) is 4. The molecule has 0 spiro atoms. The van der Waals surface area contributed by atoms with Crippen molar-refractivity contribution in [1.29, 1.82) is 0 Å². The van der Waals surface area contributed by atoms with Gasteiger partial charge in [0.25, 0.3) is 11.7 Å². The molecule has 25 heavy (non-hydrogen) atoms. The third-order valence-corrected chi connectivity index (χ3v) is 4.48. The molecule has 8 heteroatoms. The molecule has 0 radical (unpaired) electrons. The molecule has 2 aromatic heterocycles. The average molecular weight is 341 g/mol. The van der Waals surface area contributed by atoms with Gasteiger partial charge in [-0.05, 0) is 44.5 Å². The standard InChI is InChI=1S/C17H19N5O3/c18-15(23)16-20-17(25-21-16)12-6-3-9-22(12)10-4-8-14-19-11-5-1-2-7-13(11)24-14/h1-2,5,7,12H,3-4,6,8-10H2,(H2,18,23)/t12-/m0/s1. The van der Waals surface area contributed by atoms with Gasteiger partial charge in [0.15, 0.2) is 11.5 Å². The van der Waals surface area contributed by atoms with E-state index < -0.39 is 5.91 Å². The normalized spacial score (nSPS) is 18.2. The molecule has 0 saturated carbocycles. The number of carbonyl (C=O) groups excluding carboxylic acids is 1. The molecule has 1 aromatic carbocycles. The fourth-order valence-corrected chi connectivity index (χ4v) is 3.30. The summed E-state index contributed by atoms with van der Waals surface area (Å²) >= 11 is 0. The highest BCUT2D eigenvalue weighted by molar-refractivity contribution is 5.88. The molecule has 3 heterocycles. The zero-order chi connectivity index (χ0) is 17.2. The third-order valence-electron chi connectivity index (χ3n) is 4.48. The van der Waals surface area contributed by atoms with Crippen LogP contribution in [0.2, 0.25) is 0 Å². The number of primary amides is 1. The topological polar surface area (TPSA) is 111 Å². The van der Waals surface area contributed by atoms with Crippen molar-refractivity contribution < 1.29 is 13.7 Å². The molecule has 3 aromatic rings. The maximum atomic E-state index is 11.1. The van der Waals surface area contributed by atoms with Crippen LogP contribution < -0.4 is 5.73 Å². The molecular formula is C17H19N5O3. The molecule has 1 aliphatic rings. The maximum absolute atomic E-state index is 11.1. The van der Waals surface area contributed by atoms with E-state index in [1.54, 1.807) is 0 Å². The van der Waals surface area contributed by atoms with Crippen molar-refractivity contribution in [2.45, 2.75) is 31.7 Å². The van der Waals surface area contributed by atoms with Crippen molar-refractivity contribution in [3.8, 4) is 0 Å². The van der Waals surface area contributed by atoms with E-state index in [9.17, 15) is 4.79 Å². The Bertz CT molecular complexity index is 854. The smallest absolute Gasteiger partial charge is 0.290 e. The minimum atomic E-state index is -0.671. The second kappa shape index (κ2) is 6.64. The van der Waals surface area contributed by atoms with Gasteiger partial charge in [-0.2, -0.15) is 4.98 Å². The zero-order valence-corrected chi connectivity index (χ0v) is 13.7. The molecule has 0 aliphatic carbocycles. The Morgan fingerprint density at radius 1 is 1.32 bits per heavy atom. The van der Waals surface area contributed by atoms with Gasteiger partial charge in [-0.15, -0.1) is 0 Å². The lowest BCUT2D eigenvalue weighted by Crippen LogP contribution is -2.25. The number of rotatable bonds is 6. The van der Waals surface area contributed by atoms with E-state index >= 15 is 0 Å². The monoisotopic (exact) mass is 341 g/mol. The molecule has 0 unspecified atom stereocenters. The van der Waals surface area contributed by atoms with Gasteiger partial charge in [-0.1, -0.05) is 17.3 Å². The quantitative estimate of drug-likeness (QED) is 0.730. The first kappa shape index (κ1) is 15.8. The fourth-order valence-electron chi connectivity index (χ4n) is 3.30. The van der Waals surface area contributed by atoms with Gasteiger partial charge in [0.2, 0.25) is 5.89 Å². The van der Waals surface area contributed by atoms with Gasteiger partial charge in [0.1, 0.15) is 5.52 Å². The summed E-state index contributed by atoms with van der Waals surface area (Å²) in [5, 5.41) is 3.63. The van der Waals surface area contributed by atoms with Gasteiger partial charge in [0, 0.05) is 6.42 Å². The largest absolute Gasteiger partial charge is 0.441 e. The summed E-state index contributed by atoms with van der Waals surface area (Å²) in [7, 11) is 0. The molecule has 1 atom stereocenters. The lowest BCUT2D eigenvalue weighted by molar-refractivity contribution is 0.0987. The number of likely N-dealkylation sites (tertiary alicyclic amines) is 1. The first-order valence-corrected chi connectivity index (χ1v) is 8.42. The molecule has 0 bridgehead atoms. The second-order valence-electron chi connectivity index (χ2n) is 6.19. The van der Waals surface area contributed by atoms with Gasteiger partial charge in [0.05, 0.1) is 6.04 Å². The number of aromatic nitrogens is 3. The number of para-hydroxylation sites is 2. The highest BCUT2D eigenvalue weighted by atomic mass is 16.5. The van der Waals surface area contributed by atoms with E-state index in [2.05, 4.69) is 20.0 Å². The van der Waals surface area contributed by atoms with Crippen LogP contribution in [0.3, 0.4) is 0 Å². The van der Waals surface area contributed by atoms with Crippen LogP contribution in [0.25, 0.3) is 11.1 Å². The van der Waals surface area contributed by atoms with Crippen molar-refractivity contribution in [1.82, 2.24) is 20.0 Å². The minimum Gasteiger partial charge on any atom is -0.441 e. The number of fused-ring (bicyclic) bond motifs is 1. The summed E-state index contributed by atoms with van der Waals surface area (Å²) in [5.41, 5.74) is 6.89. The lowest BCUT2D eigenvalue weighted by Gasteiger charge is -2.20. The van der Waals surface area contributed by atoms with E-state index in [1.807, 2.05) is 24.3 Å². The molecule has 1 saturated heterocycles. The van der Waals surface area contributed by atoms with Crippen molar-refractivity contribution >= 4 is 17.0 Å². The van der Waals surface area contributed by atoms with Crippen molar-refractivity contribution in [2.75, 3.05) is 13.1 Å². The summed E-state index contributed by atoms with van der Waals surface area (Å²) < 4.78 is 11.0. The van der Waals surface area contributed by atoms with Crippen LogP contribution >= 0.6 is 0 Å². The van der Waals surface area contributed by atoms with Crippen LogP contribution in [0.4, 0.5) is 0 Å². The van der Waals surface area contributed by atoms with Crippen LogP contribution in [0, 0.1) is 0 Å². The number of oxazole rings is 1. The van der Waals surface area contributed by atoms with Crippen LogP contribution in [0.1, 0.15) is 47.7 Å². The van der Waals surface area contributed by atoms with Gasteiger partial charge < -0.3 is 14.7 Å². The Morgan fingerprint density at radius 3 is 3.00 bits per heavy atom. The van der Waals surface area contributed by atoms with Crippen LogP contribution in [0.5, 0.6) is 0 Å². The Kier molecular flexibility index (Phi) is 4.19. The molecular weight excluding hydrogens is 322 g/mol. The predicted molar refractivity (Wildman–Crippen MR) is 88.7 cm³/mol. The van der Waals surface area contributed by atoms with Gasteiger partial charge in [-0.25, -0.2) is 4.98 Å². The predicted octanol–water partition coefficient (Wildman–Crippen LogP) is 2.08. The summed E-state index contributed by atoms with van der Waals surface area (Å²) in [4.78, 5) is 22.0. The third kappa shape index (κ3) is 3.25. The van der Waals surface area contributed by atoms with Crippen LogP contribution in [-0.4, -0.2) is 39.0 Å². The Labute approximate surface area is 144 Å². The van der Waals surface area contributed by atoms with Gasteiger partial charge in [-0.3, -0.25) is 9.69 Å². The highest BCUT2D eigenvalue weighted by Crippen LogP contribution is 2.31. The van der Waals surface area contributed by atoms with Crippen molar-refractivity contribution in [3.05, 3.63) is 41.9 Å². The molecule has 4 rings (SSSR count). The summed E-state index contributed by atoms with van der Waals surface area (Å²) in [6.45, 7) is 1.84. The number of hydrogen-bond donors (Lipinski definition) is 1. The first-order chi connectivity index (χ1) is 12.2. The highest BCUT2D eigenvalue weighted by Gasteiger charge is 2.30. The van der Waals surface area contributed by atoms with Crippen molar-refractivity contribution in [3.63, 3.8) is 0 Å². The number of amides is 1. The Hall–Kier alpha value is -2.74. The Balaban J connectivity index is 1.37. The lowest BCUT2D eigenvalue weighted by atomic mass is 10.2. The first-order valence-electron chi connectivity index (χ1n) is 8.42. The van der Waals surface area contributed by atoms with E-state index in [1.165, 1.54) is 0 Å². The molecule has 1 aliphatic heterocycles. The molecule has 2 N–H and O–H groups in total. The van der Waals surface area contributed by atoms with Crippen LogP contribution in [0.15, 0.2) is 33.2 Å². The molecule has 1 amide bonds. The number of aryl methyl sites for hydroxylation is 1. The van der Waals surface area contributed by atoms with E-state index in [0.29, 0.717) is 5.89 Å². The zero-order valence-electron chi connectivity index (χ0n) is 13.7. The SMILES string of the molecule is NC(=O)c1noc([C@@H]2CCCN2CCCc2nc3ccccc3o2)n1. The second-order valence-corrected chi connectivity index (χ2v) is 6.19. The van der Waals surface area contributed by atoms with Crippen molar-refractivity contribution in [2.24, 2.45) is 5.73 Å². The number of benzene rings is 1. The molecule has 8 nitrogen and oxygen atoms in total. The summed E-state index contributed by atoms with van der Waals surface area (Å²) in [6.07, 6.45) is 3.68. The van der Waals surface area contributed by atoms with E-state index in [-0.39, 0.29) is 11.9 Å². The van der Waals surface area contributed by atoms with Gasteiger partial charge >= 0.3 is 0 Å². The summed E-state index contributed by atoms with van der Waals surface area (Å²) in [5.74, 6) is 0.489. The Morgan fingerprint density at radius 2 is 2.20 bits per heavy atom. The average Bonchev–Trinajstić information content (AvgIpc) is 3.33. The summed E-state index contributed by atoms with van der Waals surface area (Å²) in [6, 6.07) is 7.81. The number of carbonyl (C=O) groups is 1. The van der Waals surface area contributed by atoms with Crippen LogP contribution in [-0.2, 0) is 6.42 Å². The van der Waals surface area contributed by atoms with E-state index in [4.69, 9.17) is 14.7 Å². The minimum absolute atomic E-state index is 0.0456. The molecule has 1 fully saturated rings. The fraction of sp³-hybridized carbons (Fsp3) is 0.412. The molecule has 130 valence electrons. The van der Waals surface area contributed by atoms with E-state index in [0.717, 1.165) is 55.8 Å². The number of hydrogen-bond acceptors (Lipinski definition) is 7.